The van der Waals surface area contributed by atoms with Crippen LogP contribution in [0.3, 0.4) is 0 Å². The maximum absolute atomic E-state index is 13.6. The van der Waals surface area contributed by atoms with Gasteiger partial charge in [0, 0.05) is 17.7 Å². The minimum atomic E-state index is -0.107. The third-order valence-corrected chi connectivity index (χ3v) is 7.12. The number of ether oxygens (including phenoxy) is 3. The topological polar surface area (TPSA) is 44.8 Å². The van der Waals surface area contributed by atoms with Crippen LogP contribution >= 0.6 is 8.58 Å². The summed E-state index contributed by atoms with van der Waals surface area (Å²) in [5.41, 5.74) is 4.08. The van der Waals surface area contributed by atoms with Gasteiger partial charge in [-0.05, 0) is 80.5 Å². The van der Waals surface area contributed by atoms with Crippen LogP contribution in [0.4, 0.5) is 0 Å². The predicted molar refractivity (Wildman–Crippen MR) is 141 cm³/mol. The molecule has 34 heavy (non-hydrogen) atoms. The first-order chi connectivity index (χ1) is 15.6. The van der Waals surface area contributed by atoms with Gasteiger partial charge in [-0.3, -0.25) is 4.79 Å². The largest absolute Gasteiger partial charge is 1.00 e. The van der Waals surface area contributed by atoms with Crippen molar-refractivity contribution in [3.05, 3.63) is 46.5 Å². The van der Waals surface area contributed by atoms with Gasteiger partial charge in [-0.15, -0.1) is 0 Å². The molecule has 0 saturated heterocycles. The molecule has 0 aliphatic carbocycles. The van der Waals surface area contributed by atoms with E-state index in [1.54, 1.807) is 0 Å². The van der Waals surface area contributed by atoms with Gasteiger partial charge in [0.2, 0.25) is 0 Å². The monoisotopic (exact) mass is 479 g/mol. The second-order valence-electron chi connectivity index (χ2n) is 9.03. The molecule has 4 unspecified atom stereocenters. The molecular weight excluding hydrogens is 438 g/mol. The van der Waals surface area contributed by atoms with E-state index in [-0.39, 0.29) is 51.3 Å². The third-order valence-electron chi connectivity index (χ3n) is 5.90. The molecule has 0 amide bonds. The molecule has 2 rings (SSSR count). The SMILES string of the molecule is CCC(C)Oc1cc(OC(C)CC)c(PC(=O)c2c(C)cc(C)cc2C)c(OC(C)CC)c1.[Li+]. The van der Waals surface area contributed by atoms with Crippen LogP contribution in [0.1, 0.15) is 87.9 Å². The van der Waals surface area contributed by atoms with Gasteiger partial charge in [0.05, 0.1) is 23.6 Å². The first-order valence-corrected chi connectivity index (χ1v) is 13.2. The average Bonchev–Trinajstić information content (AvgIpc) is 2.74. The Hall–Kier alpha value is -1.46. The fraction of sp³-hybridized carbons (Fsp3) is 0.536. The summed E-state index contributed by atoms with van der Waals surface area (Å²) in [7, 11) is -0.107. The summed E-state index contributed by atoms with van der Waals surface area (Å²) in [4.78, 5) is 13.6. The van der Waals surface area contributed by atoms with Gasteiger partial charge < -0.3 is 14.2 Å². The maximum Gasteiger partial charge on any atom is 1.00 e. The molecule has 0 bridgehead atoms. The quantitative estimate of drug-likeness (QED) is 0.337. The molecule has 4 nitrogen and oxygen atoms in total. The van der Waals surface area contributed by atoms with Crippen LogP contribution in [-0.4, -0.2) is 23.8 Å². The van der Waals surface area contributed by atoms with Gasteiger partial charge in [-0.25, -0.2) is 0 Å². The molecule has 4 atom stereocenters. The van der Waals surface area contributed by atoms with Crippen molar-refractivity contribution < 1.29 is 37.9 Å². The summed E-state index contributed by atoms with van der Waals surface area (Å²) in [6.45, 7) is 18.5. The van der Waals surface area contributed by atoms with Crippen molar-refractivity contribution >= 4 is 19.4 Å². The summed E-state index contributed by atoms with van der Waals surface area (Å²) in [5, 5.41) is 0.816. The maximum atomic E-state index is 13.6. The van der Waals surface area contributed by atoms with Crippen molar-refractivity contribution in [2.45, 2.75) is 99.9 Å². The van der Waals surface area contributed by atoms with Crippen LogP contribution in [0.5, 0.6) is 17.2 Å². The minimum Gasteiger partial charge on any atom is -0.490 e. The summed E-state index contributed by atoms with van der Waals surface area (Å²) in [5.74, 6) is 2.07. The predicted octanol–water partition coefficient (Wildman–Crippen LogP) is 4.29. The molecule has 6 heteroatoms. The van der Waals surface area contributed by atoms with Crippen molar-refractivity contribution in [1.29, 1.82) is 0 Å². The van der Waals surface area contributed by atoms with Crippen LogP contribution in [-0.2, 0) is 0 Å². The Bertz CT molecular complexity index is 903. The fourth-order valence-corrected chi connectivity index (χ4v) is 4.83. The Labute approximate surface area is 220 Å². The minimum absolute atomic E-state index is 0. The van der Waals surface area contributed by atoms with Crippen LogP contribution in [0.15, 0.2) is 24.3 Å². The van der Waals surface area contributed by atoms with Crippen LogP contribution < -0.4 is 38.4 Å². The zero-order valence-electron chi connectivity index (χ0n) is 22.8. The zero-order chi connectivity index (χ0) is 24.7. The number of hydrogen-bond acceptors (Lipinski definition) is 4. The van der Waals surface area contributed by atoms with E-state index in [2.05, 4.69) is 39.8 Å². The van der Waals surface area contributed by atoms with E-state index >= 15 is 0 Å². The number of hydrogen-bond donors (Lipinski definition) is 0. The summed E-state index contributed by atoms with van der Waals surface area (Å²) in [6.07, 6.45) is 2.74. The van der Waals surface area contributed by atoms with Gasteiger partial charge in [-0.2, -0.15) is 0 Å². The van der Waals surface area contributed by atoms with Gasteiger partial charge in [0.25, 0.3) is 0 Å². The molecule has 0 aliphatic rings. The summed E-state index contributed by atoms with van der Waals surface area (Å²) in [6, 6.07) is 7.99. The molecule has 0 spiro atoms. The van der Waals surface area contributed by atoms with Crippen LogP contribution in [0, 0.1) is 20.8 Å². The van der Waals surface area contributed by atoms with E-state index in [4.69, 9.17) is 14.2 Å². The van der Waals surface area contributed by atoms with E-state index in [1.165, 1.54) is 0 Å². The van der Waals surface area contributed by atoms with Crippen molar-refractivity contribution in [2.75, 3.05) is 0 Å². The molecule has 0 N–H and O–H groups in total. The second kappa shape index (κ2) is 14.2. The number of benzene rings is 2. The molecule has 2 aromatic carbocycles. The van der Waals surface area contributed by atoms with E-state index in [0.29, 0.717) is 17.2 Å². The van der Waals surface area contributed by atoms with Gasteiger partial charge in [0.1, 0.15) is 17.2 Å². The van der Waals surface area contributed by atoms with Crippen LogP contribution in [0.2, 0.25) is 0 Å². The normalized spacial score (nSPS) is 13.8. The smallest absolute Gasteiger partial charge is 0.490 e. The van der Waals surface area contributed by atoms with E-state index in [9.17, 15) is 4.79 Å². The van der Waals surface area contributed by atoms with Crippen molar-refractivity contribution in [3.8, 4) is 17.2 Å². The van der Waals surface area contributed by atoms with E-state index in [0.717, 1.165) is 46.8 Å². The standard InChI is InChI=1S/C28H41O4P.Li/c1-10-20(7)30-23-15-24(31-21(8)11-2)27(25(16-23)32-22(9)12-3)33-28(29)26-18(5)13-17(4)14-19(26)6;/h13-16,20-22,33H,10-12H2,1-9H3;/q;+1. The molecule has 182 valence electrons. The molecule has 0 aliphatic heterocycles. The molecule has 0 radical (unpaired) electrons. The first-order valence-electron chi connectivity index (χ1n) is 12.2. The Kier molecular flexibility index (Phi) is 12.8. The Balaban J connectivity index is 0.00000578. The van der Waals surface area contributed by atoms with Crippen LogP contribution in [0.25, 0.3) is 0 Å². The summed E-state index contributed by atoms with van der Waals surface area (Å²) >= 11 is 0. The summed E-state index contributed by atoms with van der Waals surface area (Å²) < 4.78 is 18.8. The van der Waals surface area contributed by atoms with Gasteiger partial charge in [0.15, 0.2) is 5.52 Å². The fourth-order valence-electron chi connectivity index (χ4n) is 3.57. The molecule has 0 heterocycles. The zero-order valence-corrected chi connectivity index (χ0v) is 23.8. The van der Waals surface area contributed by atoms with Crippen molar-refractivity contribution in [1.82, 2.24) is 0 Å². The Morgan fingerprint density at radius 1 is 0.765 bits per heavy atom. The van der Waals surface area contributed by atoms with Crippen molar-refractivity contribution in [3.63, 3.8) is 0 Å². The Morgan fingerprint density at radius 3 is 1.59 bits per heavy atom. The number of aryl methyl sites for hydroxylation is 3. The van der Waals surface area contributed by atoms with E-state index < -0.39 is 0 Å². The molecule has 2 aromatic rings. The number of carbonyl (C=O) groups is 1. The van der Waals surface area contributed by atoms with Crippen molar-refractivity contribution in [2.24, 2.45) is 0 Å². The number of rotatable bonds is 12. The first kappa shape index (κ1) is 30.6. The molecular formula is C28H41LiO4P+. The van der Waals surface area contributed by atoms with Gasteiger partial charge in [-0.1, -0.05) is 38.5 Å². The molecule has 0 fully saturated rings. The Morgan fingerprint density at radius 2 is 1.18 bits per heavy atom. The third kappa shape index (κ3) is 8.33. The second-order valence-corrected chi connectivity index (χ2v) is 10.2. The molecule has 0 aromatic heterocycles. The number of carbonyl (C=O) groups excluding carboxylic acids is 1. The molecule has 0 saturated carbocycles. The van der Waals surface area contributed by atoms with E-state index in [1.807, 2.05) is 46.8 Å². The van der Waals surface area contributed by atoms with Gasteiger partial charge >= 0.3 is 18.9 Å². The average molecular weight is 480 g/mol.